The summed E-state index contributed by atoms with van der Waals surface area (Å²) in [6.45, 7) is 0.317. The van der Waals surface area contributed by atoms with Crippen LogP contribution in [0.2, 0.25) is 0 Å². The lowest BCUT2D eigenvalue weighted by Gasteiger charge is -2.19. The summed E-state index contributed by atoms with van der Waals surface area (Å²) < 4.78 is 47.4. The number of nitrogens with one attached hydrogen (secondary N) is 1. The molecule has 0 aliphatic heterocycles. The molecule has 134 valence electrons. The first-order valence-electron chi connectivity index (χ1n) is 7.62. The summed E-state index contributed by atoms with van der Waals surface area (Å²) in [4.78, 5) is 12.2. The highest BCUT2D eigenvalue weighted by Gasteiger charge is 2.18. The lowest BCUT2D eigenvalue weighted by molar-refractivity contribution is -0.127. The second-order valence-electron chi connectivity index (χ2n) is 5.40. The summed E-state index contributed by atoms with van der Waals surface area (Å²) >= 11 is 0. The summed E-state index contributed by atoms with van der Waals surface area (Å²) in [5, 5.41) is 2.71. The average molecular weight is 353 g/mol. The Balaban J connectivity index is 1.97. The third-order valence-electron chi connectivity index (χ3n) is 3.42. The van der Waals surface area contributed by atoms with Crippen molar-refractivity contribution in [3.05, 3.63) is 59.9 Å². The molecule has 1 amide bonds. The Morgan fingerprint density at radius 1 is 1.00 bits per heavy atom. The van der Waals surface area contributed by atoms with Crippen LogP contribution in [0.15, 0.2) is 48.5 Å². The molecule has 4 nitrogen and oxygen atoms in total. The van der Waals surface area contributed by atoms with Gasteiger partial charge < -0.3 is 14.8 Å². The quantitative estimate of drug-likeness (QED) is 0.816. The number of hydrogen-bond donors (Lipinski definition) is 1. The first kappa shape index (κ1) is 18.6. The number of carbonyl (C=O) groups is 1. The van der Waals surface area contributed by atoms with Gasteiger partial charge in [0.05, 0.1) is 6.04 Å². The Kier molecular flexibility index (Phi) is 6.27. The monoisotopic (exact) mass is 353 g/mol. The standard InChI is InChI=1S/C18H18F3NO3/c1-11(13-5-3-7-15(9-13)25-18(20)21)22-17(23)12(2)24-16-8-4-6-14(19)10-16/h3-12,18H,1-2H3,(H,22,23). The predicted molar refractivity (Wildman–Crippen MR) is 86.1 cm³/mol. The van der Waals surface area contributed by atoms with Gasteiger partial charge in [0.15, 0.2) is 6.10 Å². The molecule has 2 aromatic carbocycles. The van der Waals surface area contributed by atoms with Gasteiger partial charge in [0.1, 0.15) is 17.3 Å². The molecule has 2 unspecified atom stereocenters. The number of rotatable bonds is 7. The lowest BCUT2D eigenvalue weighted by atomic mass is 10.1. The number of ether oxygens (including phenoxy) is 2. The zero-order chi connectivity index (χ0) is 18.4. The Bertz CT molecular complexity index is 724. The molecule has 0 aromatic heterocycles. The SMILES string of the molecule is CC(Oc1cccc(F)c1)C(=O)NC(C)c1cccc(OC(F)F)c1. The summed E-state index contributed by atoms with van der Waals surface area (Å²) in [5.74, 6) is -0.633. The van der Waals surface area contributed by atoms with E-state index in [1.807, 2.05) is 0 Å². The Labute approximate surface area is 143 Å². The fourth-order valence-electron chi connectivity index (χ4n) is 2.17. The van der Waals surface area contributed by atoms with Crippen LogP contribution in [0.5, 0.6) is 11.5 Å². The van der Waals surface area contributed by atoms with Crippen molar-refractivity contribution < 1.29 is 27.4 Å². The van der Waals surface area contributed by atoms with E-state index >= 15 is 0 Å². The van der Waals surface area contributed by atoms with Gasteiger partial charge in [-0.3, -0.25) is 4.79 Å². The molecular formula is C18H18F3NO3. The second-order valence-corrected chi connectivity index (χ2v) is 5.40. The highest BCUT2D eigenvalue weighted by Crippen LogP contribution is 2.21. The highest BCUT2D eigenvalue weighted by atomic mass is 19.3. The fourth-order valence-corrected chi connectivity index (χ4v) is 2.17. The third-order valence-corrected chi connectivity index (χ3v) is 3.42. The molecule has 25 heavy (non-hydrogen) atoms. The van der Waals surface area contributed by atoms with E-state index < -0.39 is 30.5 Å². The molecule has 7 heteroatoms. The van der Waals surface area contributed by atoms with E-state index in [4.69, 9.17) is 4.74 Å². The van der Waals surface area contributed by atoms with Crippen LogP contribution < -0.4 is 14.8 Å². The molecule has 0 heterocycles. The van der Waals surface area contributed by atoms with Crippen molar-refractivity contribution in [2.45, 2.75) is 32.6 Å². The Hall–Kier alpha value is -2.70. The van der Waals surface area contributed by atoms with Gasteiger partial charge in [-0.15, -0.1) is 0 Å². The van der Waals surface area contributed by atoms with Gasteiger partial charge >= 0.3 is 6.61 Å². The maximum absolute atomic E-state index is 13.1. The minimum absolute atomic E-state index is 0.0117. The molecule has 0 aliphatic carbocycles. The van der Waals surface area contributed by atoms with E-state index in [-0.39, 0.29) is 11.5 Å². The number of alkyl halides is 2. The number of carbonyl (C=O) groups excluding carboxylic acids is 1. The minimum Gasteiger partial charge on any atom is -0.481 e. The molecule has 2 rings (SSSR count). The zero-order valence-electron chi connectivity index (χ0n) is 13.7. The molecular weight excluding hydrogens is 335 g/mol. The van der Waals surface area contributed by atoms with Crippen LogP contribution in [0, 0.1) is 5.82 Å². The highest BCUT2D eigenvalue weighted by molar-refractivity contribution is 5.81. The van der Waals surface area contributed by atoms with Crippen LogP contribution in [0.4, 0.5) is 13.2 Å². The van der Waals surface area contributed by atoms with Crippen LogP contribution in [0.25, 0.3) is 0 Å². The normalized spacial score (nSPS) is 13.2. The Morgan fingerprint density at radius 3 is 2.28 bits per heavy atom. The van der Waals surface area contributed by atoms with Crippen LogP contribution >= 0.6 is 0 Å². The summed E-state index contributed by atoms with van der Waals surface area (Å²) in [6.07, 6.45) is -0.857. The molecule has 0 aliphatic rings. The van der Waals surface area contributed by atoms with E-state index in [0.717, 1.165) is 0 Å². The number of benzene rings is 2. The van der Waals surface area contributed by atoms with E-state index in [1.165, 1.54) is 37.3 Å². The molecule has 0 bridgehead atoms. The van der Waals surface area contributed by atoms with Gasteiger partial charge in [0.2, 0.25) is 0 Å². The topological polar surface area (TPSA) is 47.6 Å². The van der Waals surface area contributed by atoms with Crippen LogP contribution in [-0.4, -0.2) is 18.6 Å². The summed E-state index contributed by atoms with van der Waals surface area (Å²) in [5.41, 5.74) is 0.601. The molecule has 0 saturated carbocycles. The molecule has 0 saturated heterocycles. The first-order chi connectivity index (χ1) is 11.8. The van der Waals surface area contributed by atoms with Gasteiger partial charge in [-0.25, -0.2) is 4.39 Å². The number of amides is 1. The largest absolute Gasteiger partial charge is 0.481 e. The zero-order valence-corrected chi connectivity index (χ0v) is 13.7. The predicted octanol–water partition coefficient (Wildman–Crippen LogP) is 4.07. The molecule has 2 atom stereocenters. The smallest absolute Gasteiger partial charge is 0.387 e. The van der Waals surface area contributed by atoms with Crippen molar-refractivity contribution in [2.24, 2.45) is 0 Å². The van der Waals surface area contributed by atoms with Crippen molar-refractivity contribution in [3.8, 4) is 11.5 Å². The van der Waals surface area contributed by atoms with Gasteiger partial charge in [0, 0.05) is 6.07 Å². The van der Waals surface area contributed by atoms with Gasteiger partial charge in [-0.05, 0) is 43.7 Å². The number of hydrogen-bond acceptors (Lipinski definition) is 3. The molecule has 0 spiro atoms. The second kappa shape index (κ2) is 8.41. The van der Waals surface area contributed by atoms with Gasteiger partial charge in [0.25, 0.3) is 5.91 Å². The summed E-state index contributed by atoms with van der Waals surface area (Å²) in [6, 6.07) is 11.1. The van der Waals surface area contributed by atoms with Crippen LogP contribution in [0.1, 0.15) is 25.5 Å². The van der Waals surface area contributed by atoms with Crippen molar-refractivity contribution >= 4 is 5.91 Å². The fraction of sp³-hybridized carbons (Fsp3) is 0.278. The maximum atomic E-state index is 13.1. The van der Waals surface area contributed by atoms with Crippen molar-refractivity contribution in [1.82, 2.24) is 5.32 Å². The summed E-state index contributed by atoms with van der Waals surface area (Å²) in [7, 11) is 0. The maximum Gasteiger partial charge on any atom is 0.387 e. The van der Waals surface area contributed by atoms with Crippen LogP contribution in [0.3, 0.4) is 0 Å². The van der Waals surface area contributed by atoms with E-state index in [2.05, 4.69) is 10.1 Å². The Morgan fingerprint density at radius 2 is 1.64 bits per heavy atom. The molecule has 0 radical (unpaired) electrons. The number of halogens is 3. The van der Waals surface area contributed by atoms with E-state index in [9.17, 15) is 18.0 Å². The van der Waals surface area contributed by atoms with Gasteiger partial charge in [-0.2, -0.15) is 8.78 Å². The van der Waals surface area contributed by atoms with Gasteiger partial charge in [-0.1, -0.05) is 18.2 Å². The molecule has 1 N–H and O–H groups in total. The van der Waals surface area contributed by atoms with Crippen molar-refractivity contribution in [1.29, 1.82) is 0 Å². The van der Waals surface area contributed by atoms with Crippen molar-refractivity contribution in [2.75, 3.05) is 0 Å². The third kappa shape index (κ3) is 5.70. The lowest BCUT2D eigenvalue weighted by Crippen LogP contribution is -2.37. The average Bonchev–Trinajstić information content (AvgIpc) is 2.54. The van der Waals surface area contributed by atoms with Crippen LogP contribution in [-0.2, 0) is 4.79 Å². The molecule has 0 fully saturated rings. The minimum atomic E-state index is -2.92. The van der Waals surface area contributed by atoms with E-state index in [0.29, 0.717) is 5.56 Å². The molecule has 2 aromatic rings. The van der Waals surface area contributed by atoms with Crippen molar-refractivity contribution in [3.63, 3.8) is 0 Å². The first-order valence-corrected chi connectivity index (χ1v) is 7.62. The van der Waals surface area contributed by atoms with E-state index in [1.54, 1.807) is 25.1 Å².